The number of ether oxygens (including phenoxy) is 1. The largest absolute Gasteiger partial charge is 0.496 e. The van der Waals surface area contributed by atoms with Gasteiger partial charge in [-0.25, -0.2) is 4.79 Å². The molecule has 1 heterocycles. The predicted octanol–water partition coefficient (Wildman–Crippen LogP) is 2.90. The van der Waals surface area contributed by atoms with E-state index in [0.29, 0.717) is 19.5 Å². The zero-order valence-electron chi connectivity index (χ0n) is 14.0. The SMILES string of the molecule is COc1cc(Br)ccc1CCCNC(=O)N1CCC(C)(C(=O)O)C1. The summed E-state index contributed by atoms with van der Waals surface area (Å²) < 4.78 is 6.31. The molecule has 2 amide bonds. The standard InChI is InChI=1S/C17H23BrN2O4/c1-17(15(21)22)7-9-20(11-17)16(23)19-8-3-4-12-5-6-13(18)10-14(12)24-2/h5-6,10H,3-4,7-9,11H2,1-2H3,(H,19,23)(H,21,22). The monoisotopic (exact) mass is 398 g/mol. The number of urea groups is 1. The Hall–Kier alpha value is -1.76. The van der Waals surface area contributed by atoms with Crippen molar-refractivity contribution in [2.24, 2.45) is 5.41 Å². The van der Waals surface area contributed by atoms with Gasteiger partial charge in [0.25, 0.3) is 0 Å². The molecule has 24 heavy (non-hydrogen) atoms. The fourth-order valence-corrected chi connectivity index (χ4v) is 3.16. The smallest absolute Gasteiger partial charge is 0.317 e. The summed E-state index contributed by atoms with van der Waals surface area (Å²) in [5.74, 6) is -0.0207. The lowest BCUT2D eigenvalue weighted by atomic mass is 9.90. The highest BCUT2D eigenvalue weighted by Gasteiger charge is 2.42. The van der Waals surface area contributed by atoms with Crippen LogP contribution in [0.5, 0.6) is 5.75 Å². The number of rotatable bonds is 6. The van der Waals surface area contributed by atoms with Crippen LogP contribution in [0.1, 0.15) is 25.3 Å². The van der Waals surface area contributed by atoms with Crippen molar-refractivity contribution in [3.63, 3.8) is 0 Å². The summed E-state index contributed by atoms with van der Waals surface area (Å²) >= 11 is 3.41. The van der Waals surface area contributed by atoms with Gasteiger partial charge in [-0.05, 0) is 43.9 Å². The molecule has 1 aliphatic rings. The second-order valence-electron chi connectivity index (χ2n) is 6.33. The van der Waals surface area contributed by atoms with Gasteiger partial charge in [0, 0.05) is 24.1 Å². The van der Waals surface area contributed by atoms with E-state index in [9.17, 15) is 14.7 Å². The predicted molar refractivity (Wildman–Crippen MR) is 94.3 cm³/mol. The molecular formula is C17H23BrN2O4. The van der Waals surface area contributed by atoms with Crippen molar-refractivity contribution in [1.29, 1.82) is 0 Å². The van der Waals surface area contributed by atoms with Crippen molar-refractivity contribution >= 4 is 27.9 Å². The van der Waals surface area contributed by atoms with E-state index in [2.05, 4.69) is 21.2 Å². The third kappa shape index (κ3) is 4.41. The van der Waals surface area contributed by atoms with Crippen LogP contribution in [0.25, 0.3) is 0 Å². The quantitative estimate of drug-likeness (QED) is 0.722. The molecule has 1 aromatic rings. The van der Waals surface area contributed by atoms with Crippen LogP contribution in [0.4, 0.5) is 4.79 Å². The van der Waals surface area contributed by atoms with Crippen molar-refractivity contribution in [2.45, 2.75) is 26.2 Å². The molecular weight excluding hydrogens is 376 g/mol. The Morgan fingerprint density at radius 2 is 2.21 bits per heavy atom. The number of amides is 2. The van der Waals surface area contributed by atoms with Gasteiger partial charge in [0.15, 0.2) is 0 Å². The van der Waals surface area contributed by atoms with Crippen LogP contribution in [-0.4, -0.2) is 48.8 Å². The molecule has 1 aliphatic heterocycles. The number of carbonyl (C=O) groups excluding carboxylic acids is 1. The minimum absolute atomic E-state index is 0.192. The maximum atomic E-state index is 12.1. The van der Waals surface area contributed by atoms with E-state index < -0.39 is 11.4 Å². The number of aliphatic carboxylic acids is 1. The van der Waals surface area contributed by atoms with E-state index in [-0.39, 0.29) is 12.6 Å². The number of benzene rings is 1. The molecule has 0 aromatic heterocycles. The molecule has 2 N–H and O–H groups in total. The van der Waals surface area contributed by atoms with Gasteiger partial charge in [-0.15, -0.1) is 0 Å². The minimum atomic E-state index is -0.847. The highest BCUT2D eigenvalue weighted by atomic mass is 79.9. The molecule has 1 atom stereocenters. The third-order valence-corrected chi connectivity index (χ3v) is 4.92. The molecule has 0 spiro atoms. The molecule has 2 rings (SSSR count). The highest BCUT2D eigenvalue weighted by Crippen LogP contribution is 2.30. The number of likely N-dealkylation sites (tertiary alicyclic amines) is 1. The molecule has 0 saturated carbocycles. The number of halogens is 1. The second kappa shape index (κ2) is 7.88. The Kier molecular flexibility index (Phi) is 6.10. The third-order valence-electron chi connectivity index (χ3n) is 4.43. The fourth-order valence-electron chi connectivity index (χ4n) is 2.82. The normalized spacial score (nSPS) is 20.0. The lowest BCUT2D eigenvalue weighted by Crippen LogP contribution is -2.41. The average Bonchev–Trinajstić information content (AvgIpc) is 2.96. The summed E-state index contributed by atoms with van der Waals surface area (Å²) in [6.45, 7) is 2.96. The summed E-state index contributed by atoms with van der Waals surface area (Å²) in [6, 6.07) is 5.70. The van der Waals surface area contributed by atoms with Crippen LogP contribution in [0.2, 0.25) is 0 Å². The van der Waals surface area contributed by atoms with E-state index in [4.69, 9.17) is 4.74 Å². The molecule has 1 aromatic carbocycles. The average molecular weight is 399 g/mol. The summed E-state index contributed by atoms with van der Waals surface area (Å²) in [5, 5.41) is 12.1. The van der Waals surface area contributed by atoms with Crippen molar-refractivity contribution in [3.05, 3.63) is 28.2 Å². The molecule has 0 bridgehead atoms. The maximum absolute atomic E-state index is 12.1. The van der Waals surface area contributed by atoms with Gasteiger partial charge >= 0.3 is 12.0 Å². The molecule has 1 unspecified atom stereocenters. The number of carboxylic acid groups (broad SMARTS) is 1. The first-order valence-electron chi connectivity index (χ1n) is 7.94. The molecule has 132 valence electrons. The molecule has 1 fully saturated rings. The van der Waals surface area contributed by atoms with Gasteiger partial charge in [0.2, 0.25) is 0 Å². The van der Waals surface area contributed by atoms with Crippen molar-refractivity contribution in [1.82, 2.24) is 10.2 Å². The number of aryl methyl sites for hydroxylation is 1. The topological polar surface area (TPSA) is 78.9 Å². The van der Waals surface area contributed by atoms with Crippen molar-refractivity contribution in [3.8, 4) is 5.75 Å². The maximum Gasteiger partial charge on any atom is 0.317 e. The van der Waals surface area contributed by atoms with Gasteiger partial charge in [0.1, 0.15) is 5.75 Å². The van der Waals surface area contributed by atoms with Gasteiger partial charge in [-0.3, -0.25) is 4.79 Å². The Morgan fingerprint density at radius 3 is 2.83 bits per heavy atom. The van der Waals surface area contributed by atoms with E-state index in [0.717, 1.165) is 28.6 Å². The van der Waals surface area contributed by atoms with Gasteiger partial charge in [-0.1, -0.05) is 22.0 Å². The summed E-state index contributed by atoms with van der Waals surface area (Å²) in [5.41, 5.74) is 0.261. The first-order valence-corrected chi connectivity index (χ1v) is 8.73. The van der Waals surface area contributed by atoms with Crippen LogP contribution in [-0.2, 0) is 11.2 Å². The van der Waals surface area contributed by atoms with Crippen LogP contribution in [0.3, 0.4) is 0 Å². The van der Waals surface area contributed by atoms with Crippen LogP contribution < -0.4 is 10.1 Å². The van der Waals surface area contributed by atoms with E-state index in [1.807, 2.05) is 18.2 Å². The first-order chi connectivity index (χ1) is 11.4. The second-order valence-corrected chi connectivity index (χ2v) is 7.24. The van der Waals surface area contributed by atoms with Crippen LogP contribution in [0, 0.1) is 5.41 Å². The van der Waals surface area contributed by atoms with E-state index in [1.54, 1.807) is 18.9 Å². The minimum Gasteiger partial charge on any atom is -0.496 e. The number of hydrogen-bond donors (Lipinski definition) is 2. The number of methoxy groups -OCH3 is 1. The Labute approximate surface area is 150 Å². The first kappa shape index (κ1) is 18.6. The Bertz CT molecular complexity index is 623. The number of nitrogens with one attached hydrogen (secondary N) is 1. The van der Waals surface area contributed by atoms with E-state index in [1.165, 1.54) is 0 Å². The van der Waals surface area contributed by atoms with Crippen LogP contribution in [0.15, 0.2) is 22.7 Å². The number of carbonyl (C=O) groups is 2. The van der Waals surface area contributed by atoms with E-state index >= 15 is 0 Å². The summed E-state index contributed by atoms with van der Waals surface area (Å²) in [4.78, 5) is 24.9. The number of carboxylic acids is 1. The summed E-state index contributed by atoms with van der Waals surface area (Å²) in [7, 11) is 1.64. The van der Waals surface area contributed by atoms with Crippen molar-refractivity contribution in [2.75, 3.05) is 26.7 Å². The van der Waals surface area contributed by atoms with Gasteiger partial charge in [-0.2, -0.15) is 0 Å². The zero-order valence-corrected chi connectivity index (χ0v) is 15.6. The highest BCUT2D eigenvalue weighted by molar-refractivity contribution is 9.10. The van der Waals surface area contributed by atoms with Gasteiger partial charge in [0.05, 0.1) is 12.5 Å². The zero-order chi connectivity index (χ0) is 17.7. The summed E-state index contributed by atoms with van der Waals surface area (Å²) in [6.07, 6.45) is 2.07. The fraction of sp³-hybridized carbons (Fsp3) is 0.529. The Morgan fingerprint density at radius 1 is 1.46 bits per heavy atom. The van der Waals surface area contributed by atoms with Crippen LogP contribution >= 0.6 is 15.9 Å². The number of nitrogens with zero attached hydrogens (tertiary/aromatic N) is 1. The molecule has 7 heteroatoms. The van der Waals surface area contributed by atoms with Crippen molar-refractivity contribution < 1.29 is 19.4 Å². The lowest BCUT2D eigenvalue weighted by molar-refractivity contribution is -0.146. The molecule has 0 radical (unpaired) electrons. The molecule has 1 saturated heterocycles. The molecule has 6 nitrogen and oxygen atoms in total. The Balaban J connectivity index is 1.77. The molecule has 0 aliphatic carbocycles. The number of hydrogen-bond acceptors (Lipinski definition) is 3. The lowest BCUT2D eigenvalue weighted by Gasteiger charge is -2.20. The van der Waals surface area contributed by atoms with Gasteiger partial charge < -0.3 is 20.1 Å².